The molecule has 0 saturated carbocycles. The first kappa shape index (κ1) is 40.2. The van der Waals surface area contributed by atoms with E-state index in [9.17, 15) is 0 Å². The van der Waals surface area contributed by atoms with Gasteiger partial charge in [-0.05, 0) is 97.9 Å². The SMILES string of the molecule is c1ccc(-c2ccc(N(c3ccc4c(c3)C(c3ccccc3)(c3ccccc3)c3ccccc3-4)c3ccc4c(c3)cc(-c3ccccc3)n3nc(-c5ccccc5)c(-c5ccccc5)c43)cc2)cc1. The van der Waals surface area contributed by atoms with Crippen molar-refractivity contribution in [2.24, 2.45) is 0 Å². The molecule has 69 heavy (non-hydrogen) atoms. The monoisotopic (exact) mass is 879 g/mol. The van der Waals surface area contributed by atoms with Gasteiger partial charge in [-0.2, -0.15) is 5.10 Å². The number of nitrogens with zero attached hydrogens (tertiary/aromatic N) is 3. The molecule has 0 N–H and O–H groups in total. The van der Waals surface area contributed by atoms with Gasteiger partial charge in [-0.3, -0.25) is 0 Å². The molecule has 0 amide bonds. The maximum absolute atomic E-state index is 5.49. The number of benzene rings is 10. The van der Waals surface area contributed by atoms with Crippen LogP contribution in [0.4, 0.5) is 17.1 Å². The van der Waals surface area contributed by atoms with Crippen molar-refractivity contribution in [3.05, 3.63) is 295 Å². The molecule has 3 heteroatoms. The number of fused-ring (bicyclic) bond motifs is 6. The lowest BCUT2D eigenvalue weighted by molar-refractivity contribution is 0.768. The molecule has 13 rings (SSSR count). The van der Waals surface area contributed by atoms with E-state index in [1.165, 1.54) is 44.5 Å². The number of aromatic nitrogens is 2. The van der Waals surface area contributed by atoms with Gasteiger partial charge in [0.25, 0.3) is 0 Å². The Hall–Kier alpha value is -9.05. The summed E-state index contributed by atoms with van der Waals surface area (Å²) in [6.07, 6.45) is 0. The zero-order valence-corrected chi connectivity index (χ0v) is 37.8. The third kappa shape index (κ3) is 6.62. The summed E-state index contributed by atoms with van der Waals surface area (Å²) in [5.74, 6) is 0. The predicted molar refractivity (Wildman–Crippen MR) is 286 cm³/mol. The van der Waals surface area contributed by atoms with Crippen LogP contribution >= 0.6 is 0 Å². The van der Waals surface area contributed by atoms with Crippen molar-refractivity contribution in [1.82, 2.24) is 9.61 Å². The first-order chi connectivity index (χ1) is 34.2. The Balaban J connectivity index is 1.08. The van der Waals surface area contributed by atoms with Crippen LogP contribution in [-0.2, 0) is 5.41 Å². The van der Waals surface area contributed by atoms with Crippen molar-refractivity contribution in [3.8, 4) is 55.9 Å². The maximum atomic E-state index is 5.49. The summed E-state index contributed by atoms with van der Waals surface area (Å²) < 4.78 is 2.17. The van der Waals surface area contributed by atoms with Crippen molar-refractivity contribution < 1.29 is 0 Å². The quantitative estimate of drug-likeness (QED) is 0.144. The molecule has 0 saturated heterocycles. The molecule has 3 nitrogen and oxygen atoms in total. The molecular weight excluding hydrogens is 835 g/mol. The van der Waals surface area contributed by atoms with Gasteiger partial charge in [0.1, 0.15) is 5.69 Å². The molecule has 10 aromatic carbocycles. The zero-order chi connectivity index (χ0) is 45.7. The van der Waals surface area contributed by atoms with E-state index in [4.69, 9.17) is 5.10 Å². The number of pyridine rings is 1. The summed E-state index contributed by atoms with van der Waals surface area (Å²) in [4.78, 5) is 2.44. The van der Waals surface area contributed by atoms with Gasteiger partial charge in [0.05, 0.1) is 16.6 Å². The Labute approximate surface area is 402 Å². The van der Waals surface area contributed by atoms with Gasteiger partial charge in [-0.1, -0.05) is 231 Å². The highest BCUT2D eigenvalue weighted by Crippen LogP contribution is 2.57. The van der Waals surface area contributed by atoms with Crippen molar-refractivity contribution in [1.29, 1.82) is 0 Å². The maximum Gasteiger partial charge on any atom is 0.101 e. The van der Waals surface area contributed by atoms with Crippen LogP contribution in [0.15, 0.2) is 273 Å². The average Bonchev–Trinajstić information content (AvgIpc) is 3.98. The van der Waals surface area contributed by atoms with Crippen LogP contribution in [0.2, 0.25) is 0 Å². The molecule has 0 unspecified atom stereocenters. The second kappa shape index (κ2) is 16.7. The van der Waals surface area contributed by atoms with Crippen molar-refractivity contribution >= 4 is 33.4 Å². The topological polar surface area (TPSA) is 20.5 Å². The first-order valence-corrected chi connectivity index (χ1v) is 23.7. The Morgan fingerprint density at radius 3 is 1.46 bits per heavy atom. The largest absolute Gasteiger partial charge is 0.310 e. The fourth-order valence-electron chi connectivity index (χ4n) is 11.0. The molecular formula is C66H45N3. The molecule has 2 aromatic heterocycles. The van der Waals surface area contributed by atoms with Crippen LogP contribution in [0.5, 0.6) is 0 Å². The molecule has 0 bridgehead atoms. The molecule has 2 heterocycles. The van der Waals surface area contributed by atoms with Crippen LogP contribution < -0.4 is 4.90 Å². The number of hydrogen-bond acceptors (Lipinski definition) is 2. The van der Waals surface area contributed by atoms with Gasteiger partial charge in [0.2, 0.25) is 0 Å². The minimum atomic E-state index is -0.542. The lowest BCUT2D eigenvalue weighted by Gasteiger charge is -2.35. The summed E-state index contributed by atoms with van der Waals surface area (Å²) in [6.45, 7) is 0. The van der Waals surface area contributed by atoms with Gasteiger partial charge < -0.3 is 4.90 Å². The van der Waals surface area contributed by atoms with E-state index < -0.39 is 5.41 Å². The van der Waals surface area contributed by atoms with E-state index in [0.29, 0.717) is 0 Å². The summed E-state index contributed by atoms with van der Waals surface area (Å²) in [7, 11) is 0. The smallest absolute Gasteiger partial charge is 0.101 e. The minimum absolute atomic E-state index is 0.542. The second-order valence-electron chi connectivity index (χ2n) is 17.9. The Morgan fingerprint density at radius 2 is 0.826 bits per heavy atom. The number of anilines is 3. The number of hydrogen-bond donors (Lipinski definition) is 0. The standard InChI is InChI=1S/C66H45N3/c1-7-21-46(22-8-1)47-35-37-54(38-36-47)68(56-40-42-59-58-33-19-20-34-60(58)66(61(59)45-56,52-29-15-5-16-30-52)53-31-17-6-18-32-53)55-39-41-57-51(43-55)44-62(48-23-9-2-10-24-48)69-65(57)63(49-25-11-3-12-26-49)64(67-69)50-27-13-4-14-28-50/h1-45H. The first-order valence-electron chi connectivity index (χ1n) is 23.7. The highest BCUT2D eigenvalue weighted by Gasteiger charge is 2.46. The highest BCUT2D eigenvalue weighted by molar-refractivity contribution is 6.09. The summed E-state index contributed by atoms with van der Waals surface area (Å²) in [5, 5.41) is 7.74. The van der Waals surface area contributed by atoms with Crippen molar-refractivity contribution in [2.75, 3.05) is 4.90 Å². The third-order valence-corrected chi connectivity index (χ3v) is 14.1. The molecule has 0 aliphatic heterocycles. The van der Waals surface area contributed by atoms with Gasteiger partial charge >= 0.3 is 0 Å². The van der Waals surface area contributed by atoms with Crippen LogP contribution in [0.3, 0.4) is 0 Å². The Kier molecular flexibility index (Phi) is 9.73. The van der Waals surface area contributed by atoms with Gasteiger partial charge in [-0.15, -0.1) is 0 Å². The Bertz CT molecular complexity index is 3750. The second-order valence-corrected chi connectivity index (χ2v) is 17.9. The fraction of sp³-hybridized carbons (Fsp3) is 0.0152. The van der Waals surface area contributed by atoms with Gasteiger partial charge in [0, 0.05) is 39.1 Å². The van der Waals surface area contributed by atoms with E-state index in [1.54, 1.807) is 0 Å². The third-order valence-electron chi connectivity index (χ3n) is 14.1. The van der Waals surface area contributed by atoms with Crippen LogP contribution in [0, 0.1) is 0 Å². The van der Waals surface area contributed by atoms with Crippen molar-refractivity contribution in [2.45, 2.75) is 5.41 Å². The summed E-state index contributed by atoms with van der Waals surface area (Å²) in [5.41, 5.74) is 20.1. The Morgan fingerprint density at radius 1 is 0.348 bits per heavy atom. The number of rotatable bonds is 9. The van der Waals surface area contributed by atoms with Crippen LogP contribution in [0.25, 0.3) is 72.2 Å². The van der Waals surface area contributed by atoms with Crippen molar-refractivity contribution in [3.63, 3.8) is 0 Å². The molecule has 1 aliphatic carbocycles. The van der Waals surface area contributed by atoms with Gasteiger partial charge in [0.15, 0.2) is 0 Å². The molecule has 0 atom stereocenters. The van der Waals surface area contributed by atoms with E-state index >= 15 is 0 Å². The van der Waals surface area contributed by atoms with E-state index in [0.717, 1.165) is 67.0 Å². The molecule has 0 radical (unpaired) electrons. The highest BCUT2D eigenvalue weighted by atomic mass is 15.2. The zero-order valence-electron chi connectivity index (χ0n) is 37.8. The van der Waals surface area contributed by atoms with E-state index in [2.05, 4.69) is 282 Å². The lowest BCUT2D eigenvalue weighted by Crippen LogP contribution is -2.28. The summed E-state index contributed by atoms with van der Waals surface area (Å²) >= 11 is 0. The molecule has 324 valence electrons. The average molecular weight is 880 g/mol. The fourth-order valence-corrected chi connectivity index (χ4v) is 11.0. The molecule has 12 aromatic rings. The molecule has 1 aliphatic rings. The van der Waals surface area contributed by atoms with E-state index in [1.807, 2.05) is 0 Å². The summed E-state index contributed by atoms with van der Waals surface area (Å²) in [6, 6.07) is 99.2. The normalized spacial score (nSPS) is 12.5. The molecule has 0 spiro atoms. The van der Waals surface area contributed by atoms with E-state index in [-0.39, 0.29) is 0 Å². The molecule has 0 fully saturated rings. The predicted octanol–water partition coefficient (Wildman–Crippen LogP) is 17.0. The minimum Gasteiger partial charge on any atom is -0.310 e. The van der Waals surface area contributed by atoms with Crippen LogP contribution in [0.1, 0.15) is 22.3 Å². The van der Waals surface area contributed by atoms with Gasteiger partial charge in [-0.25, -0.2) is 4.52 Å². The van der Waals surface area contributed by atoms with Crippen LogP contribution in [-0.4, -0.2) is 9.61 Å². The lowest BCUT2D eigenvalue weighted by atomic mass is 9.67.